The molecule has 0 amide bonds. The van der Waals surface area contributed by atoms with Crippen molar-refractivity contribution in [3.05, 3.63) is 36.0 Å². The van der Waals surface area contributed by atoms with Crippen molar-refractivity contribution in [3.63, 3.8) is 0 Å². The van der Waals surface area contributed by atoms with Crippen molar-refractivity contribution in [2.75, 3.05) is 0 Å². The lowest BCUT2D eigenvalue weighted by molar-refractivity contribution is -0.159. The average Bonchev–Trinajstić information content (AvgIpc) is 2.46. The van der Waals surface area contributed by atoms with Crippen LogP contribution in [-0.4, -0.2) is 33.0 Å². The first kappa shape index (κ1) is 18.9. The zero-order chi connectivity index (χ0) is 18.0. The molecule has 2 bridgehead atoms. The Morgan fingerprint density at radius 2 is 1.79 bits per heavy atom. The van der Waals surface area contributed by atoms with Crippen LogP contribution in [0.1, 0.15) is 59.8 Å². The number of hydrogen-bond acceptors (Lipinski definition) is 4. The summed E-state index contributed by atoms with van der Waals surface area (Å²) >= 11 is 0. The van der Waals surface area contributed by atoms with Gasteiger partial charge in [0.05, 0.1) is 11.2 Å². The molecule has 2 heterocycles. The van der Waals surface area contributed by atoms with Crippen LogP contribution in [0.25, 0.3) is 0 Å². The maximum atomic E-state index is 12.4. The molecule has 2 aliphatic heterocycles. The van der Waals surface area contributed by atoms with E-state index in [0.717, 1.165) is 0 Å². The number of carbonyl (C=O) groups is 1. The second-order valence-electron chi connectivity index (χ2n) is 7.92. The summed E-state index contributed by atoms with van der Waals surface area (Å²) in [7, 11) is 0. The fraction of sp³-hybridized carbons (Fsp3) is 0.650. The molecule has 0 aromatic carbocycles. The molecule has 3 atom stereocenters. The lowest BCUT2D eigenvalue weighted by Crippen LogP contribution is -2.43. The molecular weight excluding hydrogens is 304 g/mol. The molecule has 3 aliphatic rings. The summed E-state index contributed by atoms with van der Waals surface area (Å²) in [5.74, 6) is -0.161. The lowest BCUT2D eigenvalue weighted by atomic mass is 9.80. The first-order chi connectivity index (χ1) is 11.1. The van der Waals surface area contributed by atoms with E-state index in [9.17, 15) is 15.0 Å². The molecule has 4 heteroatoms. The molecule has 3 rings (SSSR count). The van der Waals surface area contributed by atoms with Gasteiger partial charge in [-0.3, -0.25) is 0 Å². The van der Waals surface area contributed by atoms with Crippen LogP contribution in [0.5, 0.6) is 0 Å². The predicted molar refractivity (Wildman–Crippen MR) is 94.4 cm³/mol. The van der Waals surface area contributed by atoms with Gasteiger partial charge in [0.15, 0.2) is 0 Å². The van der Waals surface area contributed by atoms with E-state index in [4.69, 9.17) is 4.74 Å². The molecule has 0 aromatic heterocycles. The van der Waals surface area contributed by atoms with Crippen LogP contribution in [0, 0.1) is 5.92 Å². The molecule has 1 fully saturated rings. The standard InChI is InChI=1S/C20H30O4/c1-15(2)20-12-8-16(17(21)24-20)7-5-9-18(3,22)10-6-11-19(4,23)13-14-20/h6-7,10,13-15,22-23H,5,8-9,11-12H2,1-4H3. The molecule has 24 heavy (non-hydrogen) atoms. The van der Waals surface area contributed by atoms with Crippen LogP contribution in [0.15, 0.2) is 36.0 Å². The van der Waals surface area contributed by atoms with E-state index < -0.39 is 16.8 Å². The highest BCUT2D eigenvalue weighted by atomic mass is 16.6. The van der Waals surface area contributed by atoms with E-state index in [2.05, 4.69) is 0 Å². The molecule has 3 unspecified atom stereocenters. The van der Waals surface area contributed by atoms with E-state index in [1.165, 1.54) is 0 Å². The second-order valence-corrected chi connectivity index (χ2v) is 7.92. The fourth-order valence-electron chi connectivity index (χ4n) is 3.18. The predicted octanol–water partition coefficient (Wildman–Crippen LogP) is 3.44. The van der Waals surface area contributed by atoms with Gasteiger partial charge in [0, 0.05) is 5.57 Å². The second kappa shape index (κ2) is 6.85. The molecule has 1 saturated heterocycles. The summed E-state index contributed by atoms with van der Waals surface area (Å²) in [6.07, 6.45) is 11.9. The van der Waals surface area contributed by atoms with Gasteiger partial charge >= 0.3 is 5.97 Å². The molecule has 1 aliphatic carbocycles. The highest BCUT2D eigenvalue weighted by Gasteiger charge is 2.40. The Bertz CT molecular complexity index is 566. The van der Waals surface area contributed by atoms with Crippen molar-refractivity contribution < 1.29 is 19.7 Å². The van der Waals surface area contributed by atoms with E-state index >= 15 is 0 Å². The smallest absolute Gasteiger partial charge is 0.334 e. The van der Waals surface area contributed by atoms with Gasteiger partial charge in [0.25, 0.3) is 0 Å². The van der Waals surface area contributed by atoms with Crippen LogP contribution in [-0.2, 0) is 9.53 Å². The van der Waals surface area contributed by atoms with Crippen LogP contribution in [0.2, 0.25) is 0 Å². The molecular formula is C20H30O4. The quantitative estimate of drug-likeness (QED) is 0.569. The van der Waals surface area contributed by atoms with E-state index in [1.807, 2.05) is 32.1 Å². The fourth-order valence-corrected chi connectivity index (χ4v) is 3.18. The van der Waals surface area contributed by atoms with Crippen molar-refractivity contribution in [2.24, 2.45) is 5.92 Å². The maximum absolute atomic E-state index is 12.4. The van der Waals surface area contributed by atoms with Gasteiger partial charge in [0.2, 0.25) is 0 Å². The number of allylic oxidation sites excluding steroid dienone is 1. The summed E-state index contributed by atoms with van der Waals surface area (Å²) in [5.41, 5.74) is -2.00. The monoisotopic (exact) mass is 334 g/mol. The first-order valence-electron chi connectivity index (χ1n) is 8.81. The van der Waals surface area contributed by atoms with Crippen LogP contribution < -0.4 is 0 Å². The van der Waals surface area contributed by atoms with Crippen LogP contribution in [0.4, 0.5) is 0 Å². The third-order valence-electron chi connectivity index (χ3n) is 5.08. The van der Waals surface area contributed by atoms with E-state index in [-0.39, 0.29) is 11.9 Å². The van der Waals surface area contributed by atoms with Crippen molar-refractivity contribution in [2.45, 2.75) is 76.6 Å². The molecule has 2 N–H and O–H groups in total. The van der Waals surface area contributed by atoms with Gasteiger partial charge in [-0.1, -0.05) is 38.2 Å². The summed E-state index contributed by atoms with van der Waals surface area (Å²) in [4.78, 5) is 12.4. The Labute approximate surface area is 144 Å². The van der Waals surface area contributed by atoms with Gasteiger partial charge in [0.1, 0.15) is 5.60 Å². The normalized spacial score (nSPS) is 38.0. The molecule has 134 valence electrons. The van der Waals surface area contributed by atoms with Crippen molar-refractivity contribution in [3.8, 4) is 0 Å². The Hall–Kier alpha value is -1.39. The van der Waals surface area contributed by atoms with E-state index in [0.29, 0.717) is 37.7 Å². The minimum absolute atomic E-state index is 0.124. The molecule has 0 spiro atoms. The Morgan fingerprint density at radius 3 is 2.42 bits per heavy atom. The number of fused-ring (bicyclic) bond motifs is 9. The summed E-state index contributed by atoms with van der Waals surface area (Å²) in [6.45, 7) is 7.52. The summed E-state index contributed by atoms with van der Waals surface area (Å²) < 4.78 is 5.80. The number of carbonyl (C=O) groups excluding carboxylic acids is 1. The molecule has 0 aromatic rings. The topological polar surface area (TPSA) is 66.8 Å². The maximum Gasteiger partial charge on any atom is 0.334 e. The van der Waals surface area contributed by atoms with Crippen molar-refractivity contribution in [1.82, 2.24) is 0 Å². The van der Waals surface area contributed by atoms with Gasteiger partial charge in [-0.25, -0.2) is 4.79 Å². The highest BCUT2D eigenvalue weighted by molar-refractivity contribution is 5.89. The minimum Gasteiger partial charge on any atom is -0.451 e. The average molecular weight is 334 g/mol. The number of aliphatic hydroxyl groups is 2. The van der Waals surface area contributed by atoms with Gasteiger partial charge in [-0.15, -0.1) is 0 Å². The third kappa shape index (κ3) is 4.58. The first-order valence-corrected chi connectivity index (χ1v) is 8.81. The lowest BCUT2D eigenvalue weighted by Gasteiger charge is -2.39. The Balaban J connectivity index is 2.39. The number of ether oxygens (including phenoxy) is 1. The number of rotatable bonds is 1. The van der Waals surface area contributed by atoms with Crippen LogP contribution in [0.3, 0.4) is 0 Å². The number of esters is 1. The largest absolute Gasteiger partial charge is 0.451 e. The van der Waals surface area contributed by atoms with Gasteiger partial charge in [-0.2, -0.15) is 0 Å². The molecule has 0 saturated carbocycles. The molecule has 4 nitrogen and oxygen atoms in total. The SMILES string of the molecule is CC(C)C12C=CC(C)(O)CC=CC(C)(O)CCC=C(CC1)C(=O)O2. The Morgan fingerprint density at radius 1 is 1.08 bits per heavy atom. The van der Waals surface area contributed by atoms with E-state index in [1.54, 1.807) is 26.0 Å². The number of hydrogen-bond donors (Lipinski definition) is 2. The zero-order valence-corrected chi connectivity index (χ0v) is 15.2. The van der Waals surface area contributed by atoms with Gasteiger partial charge < -0.3 is 14.9 Å². The van der Waals surface area contributed by atoms with Crippen molar-refractivity contribution in [1.29, 1.82) is 0 Å². The summed E-state index contributed by atoms with van der Waals surface area (Å²) in [6, 6.07) is 0. The van der Waals surface area contributed by atoms with Crippen molar-refractivity contribution >= 4 is 5.97 Å². The minimum atomic E-state index is -1.05. The zero-order valence-electron chi connectivity index (χ0n) is 15.2. The van der Waals surface area contributed by atoms with Crippen LogP contribution >= 0.6 is 0 Å². The molecule has 0 radical (unpaired) electrons. The third-order valence-corrected chi connectivity index (χ3v) is 5.08. The Kier molecular flexibility index (Phi) is 5.41. The highest BCUT2D eigenvalue weighted by Crippen LogP contribution is 2.37. The van der Waals surface area contributed by atoms with Gasteiger partial charge in [-0.05, 0) is 57.9 Å². The summed E-state index contributed by atoms with van der Waals surface area (Å²) in [5, 5.41) is 20.9.